The Morgan fingerprint density at radius 3 is 2.44 bits per heavy atom. The number of rotatable bonds is 6. The van der Waals surface area contributed by atoms with Crippen LogP contribution in [-0.2, 0) is 4.79 Å². The molecule has 0 aliphatic heterocycles. The number of carbonyl (C=O) groups excluding carboxylic acids is 2. The second-order valence-electron chi connectivity index (χ2n) is 5.05. The molecular formula is C19H16Cl2N2O2. The summed E-state index contributed by atoms with van der Waals surface area (Å²) in [5.41, 5.74) is 1.10. The van der Waals surface area contributed by atoms with E-state index in [1.54, 1.807) is 18.2 Å². The fraction of sp³-hybridized carbons (Fsp3) is 0.0526. The lowest BCUT2D eigenvalue weighted by atomic mass is 10.1. The summed E-state index contributed by atoms with van der Waals surface area (Å²) in [6, 6.07) is 13.7. The number of nitrogens with one attached hydrogen (secondary N) is 2. The normalized spacial score (nSPS) is 10.9. The van der Waals surface area contributed by atoms with Gasteiger partial charge in [0, 0.05) is 11.6 Å². The van der Waals surface area contributed by atoms with Crippen LogP contribution in [0, 0.1) is 0 Å². The standard InChI is InChI=1S/C19H16Cl2N2O2/c1-2-10-22-19(25)17(11-13-6-4-3-5-7-13)23-18(24)15-9-8-14(20)12-16(15)21/h2-9,11-12H,1,10H2,(H,22,25)(H,23,24)/b17-11+. The van der Waals surface area contributed by atoms with Crippen molar-refractivity contribution in [1.82, 2.24) is 10.6 Å². The van der Waals surface area contributed by atoms with Gasteiger partial charge in [0.05, 0.1) is 10.6 Å². The Kier molecular flexibility index (Phi) is 6.81. The molecule has 0 saturated carbocycles. The Bertz CT molecular complexity index is 817. The topological polar surface area (TPSA) is 58.2 Å². The zero-order valence-corrected chi connectivity index (χ0v) is 14.8. The molecule has 4 nitrogen and oxygen atoms in total. The Hall–Kier alpha value is -2.56. The third kappa shape index (κ3) is 5.48. The lowest BCUT2D eigenvalue weighted by Crippen LogP contribution is -2.35. The van der Waals surface area contributed by atoms with Gasteiger partial charge in [0.2, 0.25) is 0 Å². The smallest absolute Gasteiger partial charge is 0.268 e. The van der Waals surface area contributed by atoms with Crippen LogP contribution in [0.2, 0.25) is 10.0 Å². The van der Waals surface area contributed by atoms with E-state index in [2.05, 4.69) is 17.2 Å². The fourth-order valence-electron chi connectivity index (χ4n) is 2.00. The number of benzene rings is 2. The highest BCUT2D eigenvalue weighted by atomic mass is 35.5. The van der Waals surface area contributed by atoms with Gasteiger partial charge >= 0.3 is 0 Å². The Labute approximate surface area is 156 Å². The molecule has 0 bridgehead atoms. The third-order valence-electron chi connectivity index (χ3n) is 3.19. The maximum atomic E-state index is 12.5. The molecule has 25 heavy (non-hydrogen) atoms. The molecule has 0 spiro atoms. The summed E-state index contributed by atoms with van der Waals surface area (Å²) >= 11 is 11.9. The largest absolute Gasteiger partial charge is 0.347 e. The summed E-state index contributed by atoms with van der Waals surface area (Å²) < 4.78 is 0. The van der Waals surface area contributed by atoms with Crippen LogP contribution in [0.1, 0.15) is 15.9 Å². The molecule has 128 valence electrons. The highest BCUT2D eigenvalue weighted by molar-refractivity contribution is 6.36. The molecular weight excluding hydrogens is 359 g/mol. The first-order valence-electron chi connectivity index (χ1n) is 7.43. The van der Waals surface area contributed by atoms with E-state index in [1.165, 1.54) is 12.1 Å². The molecule has 0 aliphatic rings. The van der Waals surface area contributed by atoms with Crippen LogP contribution in [0.4, 0.5) is 0 Å². The molecule has 0 unspecified atom stereocenters. The molecule has 0 heterocycles. The number of hydrogen-bond acceptors (Lipinski definition) is 2. The molecule has 0 atom stereocenters. The third-order valence-corrected chi connectivity index (χ3v) is 3.73. The SMILES string of the molecule is C=CCNC(=O)/C(=C\c1ccccc1)NC(=O)c1ccc(Cl)cc1Cl. The fourth-order valence-corrected chi connectivity index (χ4v) is 2.49. The predicted molar refractivity (Wildman–Crippen MR) is 102 cm³/mol. The van der Waals surface area contributed by atoms with Crippen LogP contribution in [-0.4, -0.2) is 18.4 Å². The first-order valence-corrected chi connectivity index (χ1v) is 8.19. The van der Waals surface area contributed by atoms with Gasteiger partial charge in [0.1, 0.15) is 5.70 Å². The minimum Gasteiger partial charge on any atom is -0.347 e. The molecule has 2 amide bonds. The van der Waals surface area contributed by atoms with Crippen molar-refractivity contribution in [2.45, 2.75) is 0 Å². The van der Waals surface area contributed by atoms with Crippen LogP contribution in [0.25, 0.3) is 6.08 Å². The molecule has 2 rings (SSSR count). The van der Waals surface area contributed by atoms with E-state index in [1.807, 2.05) is 30.3 Å². The van der Waals surface area contributed by atoms with E-state index in [0.29, 0.717) is 5.02 Å². The molecule has 6 heteroatoms. The molecule has 0 aromatic heterocycles. The Morgan fingerprint density at radius 1 is 1.08 bits per heavy atom. The van der Waals surface area contributed by atoms with Crippen molar-refractivity contribution in [2.24, 2.45) is 0 Å². The zero-order chi connectivity index (χ0) is 18.2. The van der Waals surface area contributed by atoms with Gasteiger partial charge in [0.15, 0.2) is 0 Å². The van der Waals surface area contributed by atoms with E-state index in [9.17, 15) is 9.59 Å². The number of halogens is 2. The molecule has 0 radical (unpaired) electrons. The molecule has 2 N–H and O–H groups in total. The summed E-state index contributed by atoms with van der Waals surface area (Å²) in [6.07, 6.45) is 3.13. The molecule has 0 fully saturated rings. The maximum absolute atomic E-state index is 12.5. The van der Waals surface area contributed by atoms with Crippen LogP contribution in [0.5, 0.6) is 0 Å². The van der Waals surface area contributed by atoms with Gasteiger partial charge in [-0.25, -0.2) is 0 Å². The average Bonchev–Trinajstić information content (AvgIpc) is 2.59. The Balaban J connectivity index is 2.29. The van der Waals surface area contributed by atoms with Crippen LogP contribution >= 0.6 is 23.2 Å². The summed E-state index contributed by atoms with van der Waals surface area (Å²) in [4.78, 5) is 24.8. The highest BCUT2D eigenvalue weighted by Crippen LogP contribution is 2.21. The Morgan fingerprint density at radius 2 is 1.80 bits per heavy atom. The van der Waals surface area contributed by atoms with Gasteiger partial charge < -0.3 is 10.6 Å². The minimum absolute atomic E-state index is 0.101. The van der Waals surface area contributed by atoms with Crippen LogP contribution in [0.3, 0.4) is 0 Å². The van der Waals surface area contributed by atoms with Crippen molar-refractivity contribution < 1.29 is 9.59 Å². The van der Waals surface area contributed by atoms with Crippen molar-refractivity contribution in [3.63, 3.8) is 0 Å². The van der Waals surface area contributed by atoms with Gasteiger partial charge in [0.25, 0.3) is 11.8 Å². The first-order chi connectivity index (χ1) is 12.0. The summed E-state index contributed by atoms with van der Waals surface area (Å²) in [6.45, 7) is 3.83. The second-order valence-corrected chi connectivity index (χ2v) is 5.89. The summed E-state index contributed by atoms with van der Waals surface area (Å²) in [5.74, 6) is -0.931. The molecule has 0 saturated heterocycles. The molecule has 2 aromatic carbocycles. The van der Waals surface area contributed by atoms with Gasteiger partial charge in [-0.1, -0.05) is 59.6 Å². The highest BCUT2D eigenvalue weighted by Gasteiger charge is 2.16. The van der Waals surface area contributed by atoms with Gasteiger partial charge in [-0.3, -0.25) is 9.59 Å². The van der Waals surface area contributed by atoms with E-state index >= 15 is 0 Å². The number of carbonyl (C=O) groups is 2. The van der Waals surface area contributed by atoms with E-state index in [4.69, 9.17) is 23.2 Å². The van der Waals surface area contributed by atoms with E-state index in [0.717, 1.165) is 5.56 Å². The molecule has 0 aliphatic carbocycles. The maximum Gasteiger partial charge on any atom is 0.268 e. The van der Waals surface area contributed by atoms with Crippen molar-refractivity contribution >= 4 is 41.1 Å². The number of amides is 2. The second kappa shape index (κ2) is 9.06. The summed E-state index contributed by atoms with van der Waals surface area (Å²) in [5, 5.41) is 5.86. The minimum atomic E-state index is -0.502. The lowest BCUT2D eigenvalue weighted by Gasteiger charge is -2.11. The monoisotopic (exact) mass is 374 g/mol. The van der Waals surface area contributed by atoms with Gasteiger partial charge in [-0.05, 0) is 29.8 Å². The van der Waals surface area contributed by atoms with Crippen molar-refractivity contribution in [3.8, 4) is 0 Å². The first kappa shape index (κ1) is 18.8. The summed E-state index contributed by atoms with van der Waals surface area (Å²) in [7, 11) is 0. The van der Waals surface area contributed by atoms with E-state index in [-0.39, 0.29) is 22.8 Å². The van der Waals surface area contributed by atoms with Crippen LogP contribution in [0.15, 0.2) is 66.9 Å². The van der Waals surface area contributed by atoms with Gasteiger partial charge in [-0.2, -0.15) is 0 Å². The lowest BCUT2D eigenvalue weighted by molar-refractivity contribution is -0.117. The van der Waals surface area contributed by atoms with E-state index < -0.39 is 11.8 Å². The van der Waals surface area contributed by atoms with Gasteiger partial charge in [-0.15, -0.1) is 6.58 Å². The predicted octanol–water partition coefficient (Wildman–Crippen LogP) is 4.07. The van der Waals surface area contributed by atoms with Crippen molar-refractivity contribution in [1.29, 1.82) is 0 Å². The zero-order valence-electron chi connectivity index (χ0n) is 13.3. The number of hydrogen-bond donors (Lipinski definition) is 2. The van der Waals surface area contributed by atoms with Crippen LogP contribution < -0.4 is 10.6 Å². The quantitative estimate of drug-likeness (QED) is 0.591. The average molecular weight is 375 g/mol. The molecule has 2 aromatic rings. The van der Waals surface area contributed by atoms with Crippen molar-refractivity contribution in [3.05, 3.63) is 88.1 Å². The van der Waals surface area contributed by atoms with Crippen molar-refractivity contribution in [2.75, 3.05) is 6.54 Å².